The Balaban J connectivity index is 2.00. The van der Waals surface area contributed by atoms with Gasteiger partial charge in [-0.25, -0.2) is 8.42 Å². The quantitative estimate of drug-likeness (QED) is 0.379. The molecule has 0 radical (unpaired) electrons. The molecule has 0 aliphatic rings. The van der Waals surface area contributed by atoms with E-state index in [9.17, 15) is 18.0 Å². The van der Waals surface area contributed by atoms with Crippen molar-refractivity contribution in [2.24, 2.45) is 0 Å². The van der Waals surface area contributed by atoms with Crippen LogP contribution in [-0.2, 0) is 32.6 Å². The fourth-order valence-electron chi connectivity index (χ4n) is 4.13. The van der Waals surface area contributed by atoms with E-state index < -0.39 is 34.1 Å². The molecule has 0 heterocycles. The van der Waals surface area contributed by atoms with Gasteiger partial charge in [-0.05, 0) is 68.7 Å². The molecule has 0 aromatic heterocycles. The molecule has 9 heteroatoms. The molecule has 0 fully saturated rings. The average molecular weight is 570 g/mol. The lowest BCUT2D eigenvalue weighted by atomic mass is 10.00. The van der Waals surface area contributed by atoms with Gasteiger partial charge < -0.3 is 10.2 Å². The molecule has 0 saturated carbocycles. The van der Waals surface area contributed by atoms with Gasteiger partial charge in [0.25, 0.3) is 0 Å². The van der Waals surface area contributed by atoms with E-state index in [-0.39, 0.29) is 23.8 Å². The van der Waals surface area contributed by atoms with Crippen LogP contribution < -0.4 is 5.32 Å². The van der Waals surface area contributed by atoms with E-state index in [1.807, 2.05) is 82.3 Å². The number of hydrogen-bond donors (Lipinski definition) is 1. The summed E-state index contributed by atoms with van der Waals surface area (Å²) >= 11 is 5.93. The van der Waals surface area contributed by atoms with Gasteiger partial charge in [-0.15, -0.1) is 0 Å². The second-order valence-corrected chi connectivity index (χ2v) is 13.1. The van der Waals surface area contributed by atoms with Crippen LogP contribution in [0.25, 0.3) is 0 Å². The number of sulfonamides is 1. The number of benzene rings is 3. The first-order chi connectivity index (χ1) is 18.3. The summed E-state index contributed by atoms with van der Waals surface area (Å²) in [4.78, 5) is 29.1. The molecule has 208 valence electrons. The molecule has 0 aliphatic heterocycles. The molecular formula is C30H36ClN3O4S. The molecule has 3 rings (SSSR count). The van der Waals surface area contributed by atoms with Crippen LogP contribution in [0.1, 0.15) is 37.5 Å². The standard InChI is InChI=1S/C30H36ClN3O4S/c1-22-11-9-10-14-24(22)20-34(27(29(36)32-30(2,3)4)19-23-12-7-6-8-13-23)28(35)21-33(5)39(37,38)26-17-15-25(31)16-18-26/h6-18,27H,19-21H2,1-5H3,(H,32,36)/t27-/m1/s1. The normalized spacial score (nSPS) is 12.7. The molecule has 0 aliphatic carbocycles. The number of likely N-dealkylation sites (N-methyl/N-ethyl adjacent to an activating group) is 1. The zero-order valence-electron chi connectivity index (χ0n) is 23.0. The van der Waals surface area contributed by atoms with Gasteiger partial charge in [0.15, 0.2) is 0 Å². The van der Waals surface area contributed by atoms with E-state index in [4.69, 9.17) is 11.6 Å². The predicted octanol–water partition coefficient (Wildman–Crippen LogP) is 4.82. The SMILES string of the molecule is Cc1ccccc1CN(C(=O)CN(C)S(=O)(=O)c1ccc(Cl)cc1)[C@H](Cc1ccccc1)C(=O)NC(C)(C)C. The van der Waals surface area contributed by atoms with Crippen LogP contribution in [0.5, 0.6) is 0 Å². The van der Waals surface area contributed by atoms with E-state index in [0.29, 0.717) is 5.02 Å². The van der Waals surface area contributed by atoms with Crippen LogP contribution in [0.3, 0.4) is 0 Å². The number of hydrogen-bond acceptors (Lipinski definition) is 4. The maximum Gasteiger partial charge on any atom is 0.243 e. The topological polar surface area (TPSA) is 86.8 Å². The third kappa shape index (κ3) is 8.39. The summed E-state index contributed by atoms with van der Waals surface area (Å²) in [5, 5.41) is 3.42. The highest BCUT2D eigenvalue weighted by atomic mass is 35.5. The van der Waals surface area contributed by atoms with Gasteiger partial charge in [-0.2, -0.15) is 4.31 Å². The van der Waals surface area contributed by atoms with Gasteiger partial charge in [-0.1, -0.05) is 66.2 Å². The lowest BCUT2D eigenvalue weighted by molar-refractivity contribution is -0.141. The van der Waals surface area contributed by atoms with Crippen molar-refractivity contribution in [2.45, 2.75) is 57.1 Å². The monoisotopic (exact) mass is 569 g/mol. The van der Waals surface area contributed by atoms with E-state index in [0.717, 1.165) is 21.0 Å². The minimum atomic E-state index is -3.97. The molecule has 0 bridgehead atoms. The second-order valence-electron chi connectivity index (χ2n) is 10.6. The summed E-state index contributed by atoms with van der Waals surface area (Å²) in [6.45, 7) is 7.29. The van der Waals surface area contributed by atoms with Crippen molar-refractivity contribution in [1.82, 2.24) is 14.5 Å². The molecular weight excluding hydrogens is 534 g/mol. The minimum Gasteiger partial charge on any atom is -0.350 e. The van der Waals surface area contributed by atoms with Crippen molar-refractivity contribution in [2.75, 3.05) is 13.6 Å². The van der Waals surface area contributed by atoms with Crippen LogP contribution in [0, 0.1) is 6.92 Å². The lowest BCUT2D eigenvalue weighted by Crippen LogP contribution is -2.56. The highest BCUT2D eigenvalue weighted by molar-refractivity contribution is 7.89. The molecule has 0 saturated heterocycles. The molecule has 1 atom stereocenters. The maximum absolute atomic E-state index is 13.9. The molecule has 3 aromatic rings. The summed E-state index contributed by atoms with van der Waals surface area (Å²) in [6, 6.07) is 22.0. The summed E-state index contributed by atoms with van der Waals surface area (Å²) in [5.41, 5.74) is 2.19. The lowest BCUT2D eigenvalue weighted by Gasteiger charge is -2.35. The van der Waals surface area contributed by atoms with Crippen molar-refractivity contribution in [3.63, 3.8) is 0 Å². The molecule has 3 aromatic carbocycles. The van der Waals surface area contributed by atoms with Gasteiger partial charge in [0.05, 0.1) is 11.4 Å². The third-order valence-electron chi connectivity index (χ3n) is 6.25. The van der Waals surface area contributed by atoms with Crippen LogP contribution >= 0.6 is 11.6 Å². The molecule has 1 N–H and O–H groups in total. The Hall–Kier alpha value is -3.20. The fraction of sp³-hybridized carbons (Fsp3) is 0.333. The summed E-state index contributed by atoms with van der Waals surface area (Å²) in [7, 11) is -2.62. The van der Waals surface area contributed by atoms with Crippen LogP contribution in [-0.4, -0.2) is 54.6 Å². The smallest absolute Gasteiger partial charge is 0.243 e. The van der Waals surface area contributed by atoms with Crippen LogP contribution in [0.4, 0.5) is 0 Å². The Morgan fingerprint density at radius 2 is 1.51 bits per heavy atom. The fourth-order valence-corrected chi connectivity index (χ4v) is 5.38. The molecule has 0 unspecified atom stereocenters. The van der Waals surface area contributed by atoms with Crippen molar-refractivity contribution < 1.29 is 18.0 Å². The zero-order valence-corrected chi connectivity index (χ0v) is 24.6. The Bertz CT molecular complexity index is 1390. The summed E-state index contributed by atoms with van der Waals surface area (Å²) < 4.78 is 27.5. The minimum absolute atomic E-state index is 0.0268. The number of halogens is 1. The number of nitrogens with one attached hydrogen (secondary N) is 1. The van der Waals surface area contributed by atoms with Crippen molar-refractivity contribution in [3.05, 3.63) is 101 Å². The number of amides is 2. The molecule has 39 heavy (non-hydrogen) atoms. The second kappa shape index (κ2) is 12.8. The zero-order chi connectivity index (χ0) is 28.8. The van der Waals surface area contributed by atoms with Gasteiger partial charge in [0.1, 0.15) is 6.04 Å². The number of carbonyl (C=O) groups is 2. The van der Waals surface area contributed by atoms with Crippen molar-refractivity contribution >= 4 is 33.4 Å². The van der Waals surface area contributed by atoms with E-state index in [1.54, 1.807) is 0 Å². The number of carbonyl (C=O) groups excluding carboxylic acids is 2. The van der Waals surface area contributed by atoms with Gasteiger partial charge in [0.2, 0.25) is 21.8 Å². The number of rotatable bonds is 10. The van der Waals surface area contributed by atoms with Crippen molar-refractivity contribution in [1.29, 1.82) is 0 Å². The Kier molecular flexibility index (Phi) is 9.93. The van der Waals surface area contributed by atoms with Crippen LogP contribution in [0.15, 0.2) is 83.8 Å². The van der Waals surface area contributed by atoms with E-state index >= 15 is 0 Å². The number of aryl methyl sites for hydroxylation is 1. The number of nitrogens with zero attached hydrogens (tertiary/aromatic N) is 2. The summed E-state index contributed by atoms with van der Waals surface area (Å²) in [5.74, 6) is -0.792. The van der Waals surface area contributed by atoms with E-state index in [1.165, 1.54) is 36.2 Å². The predicted molar refractivity (Wildman–Crippen MR) is 155 cm³/mol. The average Bonchev–Trinajstić information content (AvgIpc) is 2.87. The van der Waals surface area contributed by atoms with Gasteiger partial charge in [-0.3, -0.25) is 9.59 Å². The highest BCUT2D eigenvalue weighted by Crippen LogP contribution is 2.21. The first-order valence-electron chi connectivity index (χ1n) is 12.7. The summed E-state index contributed by atoms with van der Waals surface area (Å²) in [6.07, 6.45) is 0.272. The first kappa shape index (κ1) is 30.3. The van der Waals surface area contributed by atoms with Crippen molar-refractivity contribution in [3.8, 4) is 0 Å². The first-order valence-corrected chi connectivity index (χ1v) is 14.5. The Morgan fingerprint density at radius 3 is 2.10 bits per heavy atom. The Morgan fingerprint density at radius 1 is 0.923 bits per heavy atom. The Labute approximate surface area is 236 Å². The third-order valence-corrected chi connectivity index (χ3v) is 8.32. The molecule has 2 amide bonds. The van der Waals surface area contributed by atoms with E-state index in [2.05, 4.69) is 5.32 Å². The molecule has 0 spiro atoms. The van der Waals surface area contributed by atoms with Gasteiger partial charge >= 0.3 is 0 Å². The molecule has 7 nitrogen and oxygen atoms in total. The van der Waals surface area contributed by atoms with Crippen LogP contribution in [0.2, 0.25) is 5.02 Å². The maximum atomic E-state index is 13.9. The highest BCUT2D eigenvalue weighted by Gasteiger charge is 2.34. The van der Waals surface area contributed by atoms with Gasteiger partial charge in [0, 0.05) is 30.6 Å². The largest absolute Gasteiger partial charge is 0.350 e.